The number of hydrogen-bond acceptors (Lipinski definition) is 1. The standard InChI is InChI=1S/C10H10NP/c1-8(7-12)10-4-2-9(6-11)3-5-10/h2-5,7H,12H2,1H3/b8-7-. The van der Waals surface area contributed by atoms with Crippen molar-refractivity contribution in [2.24, 2.45) is 0 Å². The minimum absolute atomic E-state index is 0.704. The predicted molar refractivity (Wildman–Crippen MR) is 54.5 cm³/mol. The van der Waals surface area contributed by atoms with Gasteiger partial charge in [-0.1, -0.05) is 17.9 Å². The van der Waals surface area contributed by atoms with Crippen LogP contribution in [0.25, 0.3) is 5.57 Å². The number of nitrogens with zero attached hydrogens (tertiary/aromatic N) is 1. The monoisotopic (exact) mass is 175 g/mol. The van der Waals surface area contributed by atoms with Gasteiger partial charge < -0.3 is 0 Å². The maximum atomic E-state index is 8.56. The summed E-state index contributed by atoms with van der Waals surface area (Å²) >= 11 is 0. The highest BCUT2D eigenvalue weighted by Gasteiger charge is 1.93. The summed E-state index contributed by atoms with van der Waals surface area (Å²) in [5.41, 5.74) is 3.06. The van der Waals surface area contributed by atoms with Crippen molar-refractivity contribution in [3.05, 3.63) is 41.2 Å². The first-order valence-corrected chi connectivity index (χ1v) is 4.33. The van der Waals surface area contributed by atoms with Crippen LogP contribution in [0.2, 0.25) is 0 Å². The van der Waals surface area contributed by atoms with Crippen molar-refractivity contribution in [1.82, 2.24) is 0 Å². The Morgan fingerprint density at radius 2 is 2.00 bits per heavy atom. The number of rotatable bonds is 1. The fourth-order valence-corrected chi connectivity index (χ4v) is 1.10. The van der Waals surface area contributed by atoms with Crippen molar-refractivity contribution in [3.8, 4) is 6.07 Å². The smallest absolute Gasteiger partial charge is 0.0991 e. The third-order valence-corrected chi connectivity index (χ3v) is 2.22. The molecule has 1 aromatic rings. The molecule has 0 radical (unpaired) electrons. The van der Waals surface area contributed by atoms with Crippen LogP contribution < -0.4 is 0 Å². The Kier molecular flexibility index (Phi) is 3.02. The van der Waals surface area contributed by atoms with Crippen LogP contribution >= 0.6 is 9.24 Å². The Bertz CT molecular complexity index is 330. The van der Waals surface area contributed by atoms with Gasteiger partial charge in [0.25, 0.3) is 0 Å². The van der Waals surface area contributed by atoms with E-state index in [9.17, 15) is 0 Å². The molecule has 0 aliphatic heterocycles. The molecule has 12 heavy (non-hydrogen) atoms. The Morgan fingerprint density at radius 3 is 2.42 bits per heavy atom. The summed E-state index contributed by atoms with van der Waals surface area (Å²) in [6, 6.07) is 9.64. The van der Waals surface area contributed by atoms with Crippen LogP contribution in [0, 0.1) is 11.3 Å². The van der Waals surface area contributed by atoms with E-state index in [1.165, 1.54) is 5.57 Å². The first-order valence-electron chi connectivity index (χ1n) is 3.67. The highest BCUT2D eigenvalue weighted by atomic mass is 31.0. The van der Waals surface area contributed by atoms with Crippen molar-refractivity contribution < 1.29 is 0 Å². The quantitative estimate of drug-likeness (QED) is 0.602. The average molecular weight is 175 g/mol. The largest absolute Gasteiger partial charge is 0.192 e. The van der Waals surface area contributed by atoms with Gasteiger partial charge in [0, 0.05) is 0 Å². The van der Waals surface area contributed by atoms with Crippen LogP contribution in [-0.2, 0) is 0 Å². The molecule has 0 aromatic heterocycles. The number of nitriles is 1. The zero-order chi connectivity index (χ0) is 8.97. The van der Waals surface area contributed by atoms with Gasteiger partial charge in [-0.3, -0.25) is 0 Å². The zero-order valence-corrected chi connectivity index (χ0v) is 8.07. The van der Waals surface area contributed by atoms with Gasteiger partial charge in [0.1, 0.15) is 0 Å². The van der Waals surface area contributed by atoms with Gasteiger partial charge >= 0.3 is 0 Å². The molecule has 1 nitrogen and oxygen atoms in total. The molecule has 0 heterocycles. The minimum Gasteiger partial charge on any atom is -0.192 e. The summed E-state index contributed by atoms with van der Waals surface area (Å²) in [4.78, 5) is 0. The first-order chi connectivity index (χ1) is 5.77. The van der Waals surface area contributed by atoms with E-state index in [1.54, 1.807) is 0 Å². The predicted octanol–water partition coefficient (Wildman–Crippen LogP) is 2.79. The van der Waals surface area contributed by atoms with Gasteiger partial charge in [-0.15, -0.1) is 9.24 Å². The summed E-state index contributed by atoms with van der Waals surface area (Å²) in [6.07, 6.45) is 0. The molecule has 1 aromatic carbocycles. The summed E-state index contributed by atoms with van der Waals surface area (Å²) < 4.78 is 0. The van der Waals surface area contributed by atoms with Crippen molar-refractivity contribution in [1.29, 1.82) is 5.26 Å². The van der Waals surface area contributed by atoms with E-state index in [1.807, 2.05) is 37.0 Å². The van der Waals surface area contributed by atoms with Gasteiger partial charge in [-0.2, -0.15) is 5.26 Å². The lowest BCUT2D eigenvalue weighted by atomic mass is 10.1. The van der Waals surface area contributed by atoms with Crippen LogP contribution in [0.15, 0.2) is 30.1 Å². The molecular formula is C10H10NP. The molecule has 0 spiro atoms. The summed E-state index contributed by atoms with van der Waals surface area (Å²) in [6.45, 7) is 2.04. The Morgan fingerprint density at radius 1 is 1.42 bits per heavy atom. The Labute approximate surface area is 74.9 Å². The fraction of sp³-hybridized carbons (Fsp3) is 0.100. The van der Waals surface area contributed by atoms with Crippen molar-refractivity contribution in [2.45, 2.75) is 6.92 Å². The molecule has 0 bridgehead atoms. The van der Waals surface area contributed by atoms with Crippen LogP contribution in [0.4, 0.5) is 0 Å². The van der Waals surface area contributed by atoms with Crippen molar-refractivity contribution in [2.75, 3.05) is 0 Å². The van der Waals surface area contributed by atoms with E-state index >= 15 is 0 Å². The molecule has 2 heteroatoms. The van der Waals surface area contributed by atoms with Gasteiger partial charge in [-0.05, 0) is 30.2 Å². The lowest BCUT2D eigenvalue weighted by Gasteiger charge is -1.98. The SMILES string of the molecule is C/C(=C/P)c1ccc(C#N)cc1. The highest BCUT2D eigenvalue weighted by molar-refractivity contribution is 7.21. The molecule has 0 fully saturated rings. The summed E-state index contributed by atoms with van der Waals surface area (Å²) in [5.74, 6) is 1.97. The molecule has 0 saturated carbocycles. The Hall–Kier alpha value is -1.12. The molecule has 1 atom stereocenters. The normalized spacial score (nSPS) is 10.9. The topological polar surface area (TPSA) is 23.8 Å². The number of hydrogen-bond donors (Lipinski definition) is 0. The third kappa shape index (κ3) is 1.94. The second kappa shape index (κ2) is 4.04. The average Bonchev–Trinajstić information content (AvgIpc) is 2.17. The molecule has 0 saturated heterocycles. The molecule has 0 amide bonds. The molecule has 0 aliphatic carbocycles. The van der Waals surface area contributed by atoms with E-state index in [2.05, 4.69) is 15.3 Å². The van der Waals surface area contributed by atoms with E-state index in [0.717, 1.165) is 5.56 Å². The van der Waals surface area contributed by atoms with Gasteiger partial charge in [-0.25, -0.2) is 0 Å². The molecular weight excluding hydrogens is 165 g/mol. The second-order valence-corrected chi connectivity index (χ2v) is 2.87. The Balaban J connectivity index is 3.02. The molecule has 1 unspecified atom stereocenters. The maximum Gasteiger partial charge on any atom is 0.0991 e. The van der Waals surface area contributed by atoms with Gasteiger partial charge in [0.05, 0.1) is 11.6 Å². The van der Waals surface area contributed by atoms with Crippen LogP contribution in [0.5, 0.6) is 0 Å². The molecule has 1 rings (SSSR count). The number of allylic oxidation sites excluding steroid dienone is 1. The minimum atomic E-state index is 0.704. The summed E-state index contributed by atoms with van der Waals surface area (Å²) in [7, 11) is 2.56. The van der Waals surface area contributed by atoms with Crippen molar-refractivity contribution in [3.63, 3.8) is 0 Å². The van der Waals surface area contributed by atoms with Crippen LogP contribution in [0.3, 0.4) is 0 Å². The van der Waals surface area contributed by atoms with Gasteiger partial charge in [0.2, 0.25) is 0 Å². The highest BCUT2D eigenvalue weighted by Crippen LogP contribution is 2.15. The molecule has 0 N–H and O–H groups in total. The van der Waals surface area contributed by atoms with E-state index < -0.39 is 0 Å². The summed E-state index contributed by atoms with van der Waals surface area (Å²) in [5, 5.41) is 8.56. The van der Waals surface area contributed by atoms with E-state index in [4.69, 9.17) is 5.26 Å². The molecule has 0 aliphatic rings. The first kappa shape index (κ1) is 8.97. The van der Waals surface area contributed by atoms with E-state index in [-0.39, 0.29) is 0 Å². The lowest BCUT2D eigenvalue weighted by molar-refractivity contribution is 1.47. The van der Waals surface area contributed by atoms with Gasteiger partial charge in [0.15, 0.2) is 0 Å². The van der Waals surface area contributed by atoms with Crippen LogP contribution in [0.1, 0.15) is 18.1 Å². The van der Waals surface area contributed by atoms with Crippen LogP contribution in [-0.4, -0.2) is 0 Å². The van der Waals surface area contributed by atoms with Crippen molar-refractivity contribution >= 4 is 14.8 Å². The fourth-order valence-electron chi connectivity index (χ4n) is 0.904. The number of benzene rings is 1. The lowest BCUT2D eigenvalue weighted by Crippen LogP contribution is -1.78. The second-order valence-electron chi connectivity index (χ2n) is 2.54. The van der Waals surface area contributed by atoms with E-state index in [0.29, 0.717) is 5.56 Å². The third-order valence-electron chi connectivity index (χ3n) is 1.72. The molecule has 60 valence electrons. The maximum absolute atomic E-state index is 8.56. The zero-order valence-electron chi connectivity index (χ0n) is 6.91.